The average Bonchev–Trinajstić information content (AvgIpc) is 2.35. The second-order valence-electron chi connectivity index (χ2n) is 4.48. The number of carbonyl (C=O) groups excluding carboxylic acids is 2. The topological polar surface area (TPSA) is 64.7 Å². The Bertz CT molecular complexity index is 293. The molecular weight excluding hydrogens is 220 g/mol. The average molecular weight is 242 g/mol. The normalized spacial score (nSPS) is 22.9. The Kier molecular flexibility index (Phi) is 4.89. The summed E-state index contributed by atoms with van der Waals surface area (Å²) >= 11 is 0. The Morgan fingerprint density at radius 1 is 1.47 bits per heavy atom. The highest BCUT2D eigenvalue weighted by molar-refractivity contribution is 5.85. The number of amides is 2. The number of carbonyl (C=O) groups is 2. The van der Waals surface area contributed by atoms with Crippen LogP contribution in [0, 0.1) is 0 Å². The number of piperazine rings is 1. The minimum absolute atomic E-state index is 0.0351. The number of hydrogen-bond donors (Lipinski definition) is 2. The van der Waals surface area contributed by atoms with Crippen LogP contribution in [-0.4, -0.2) is 74.5 Å². The van der Waals surface area contributed by atoms with E-state index in [0.29, 0.717) is 13.1 Å². The van der Waals surface area contributed by atoms with Crippen LogP contribution in [0.15, 0.2) is 0 Å². The second kappa shape index (κ2) is 5.97. The summed E-state index contributed by atoms with van der Waals surface area (Å²) < 4.78 is 0. The zero-order valence-corrected chi connectivity index (χ0v) is 11.0. The van der Waals surface area contributed by atoms with Gasteiger partial charge in [-0.05, 0) is 6.92 Å². The van der Waals surface area contributed by atoms with Gasteiger partial charge in [0.1, 0.15) is 6.04 Å². The zero-order chi connectivity index (χ0) is 13.0. The molecule has 0 aromatic rings. The van der Waals surface area contributed by atoms with Gasteiger partial charge in [-0.1, -0.05) is 0 Å². The monoisotopic (exact) mass is 242 g/mol. The Morgan fingerprint density at radius 2 is 2.12 bits per heavy atom. The van der Waals surface area contributed by atoms with Crippen LogP contribution in [0.25, 0.3) is 0 Å². The molecule has 2 unspecified atom stereocenters. The molecule has 1 fully saturated rings. The van der Waals surface area contributed by atoms with Crippen LogP contribution in [0.1, 0.15) is 6.92 Å². The molecule has 6 nitrogen and oxygen atoms in total. The van der Waals surface area contributed by atoms with Crippen molar-refractivity contribution in [2.24, 2.45) is 0 Å². The zero-order valence-electron chi connectivity index (χ0n) is 11.0. The first kappa shape index (κ1) is 13.9. The van der Waals surface area contributed by atoms with Crippen molar-refractivity contribution >= 4 is 11.8 Å². The fourth-order valence-corrected chi connectivity index (χ4v) is 2.07. The van der Waals surface area contributed by atoms with Gasteiger partial charge in [-0.3, -0.25) is 14.5 Å². The van der Waals surface area contributed by atoms with Gasteiger partial charge in [0.05, 0.1) is 6.04 Å². The van der Waals surface area contributed by atoms with Gasteiger partial charge in [0.25, 0.3) is 0 Å². The maximum atomic E-state index is 12.0. The standard InChI is InChI=1S/C11H22N4O2/c1-8(10(16)12-2)15-6-5-13-7-9(15)11(17)14(3)4/h8-9,13H,5-7H2,1-4H3,(H,12,16). The van der Waals surface area contributed by atoms with Crippen LogP contribution in [0.3, 0.4) is 0 Å². The molecule has 0 saturated carbocycles. The third kappa shape index (κ3) is 3.17. The lowest BCUT2D eigenvalue weighted by Crippen LogP contribution is -2.62. The summed E-state index contributed by atoms with van der Waals surface area (Å²) in [4.78, 5) is 27.2. The van der Waals surface area contributed by atoms with Crippen LogP contribution in [0.2, 0.25) is 0 Å². The minimum atomic E-state index is -0.281. The van der Waals surface area contributed by atoms with E-state index < -0.39 is 0 Å². The molecule has 1 rings (SSSR count). The van der Waals surface area contributed by atoms with Gasteiger partial charge in [0.15, 0.2) is 0 Å². The highest BCUT2D eigenvalue weighted by Crippen LogP contribution is 2.10. The van der Waals surface area contributed by atoms with E-state index in [1.807, 2.05) is 11.8 Å². The van der Waals surface area contributed by atoms with E-state index in [4.69, 9.17) is 0 Å². The van der Waals surface area contributed by atoms with Crippen LogP contribution in [-0.2, 0) is 9.59 Å². The summed E-state index contributed by atoms with van der Waals surface area (Å²) in [7, 11) is 5.09. The number of likely N-dealkylation sites (N-methyl/N-ethyl adjacent to an activating group) is 2. The third-order valence-corrected chi connectivity index (χ3v) is 3.13. The van der Waals surface area contributed by atoms with Gasteiger partial charge in [-0.15, -0.1) is 0 Å². The molecule has 0 bridgehead atoms. The van der Waals surface area contributed by atoms with Gasteiger partial charge < -0.3 is 15.5 Å². The van der Waals surface area contributed by atoms with Crippen LogP contribution in [0.4, 0.5) is 0 Å². The van der Waals surface area contributed by atoms with E-state index in [2.05, 4.69) is 10.6 Å². The molecule has 0 radical (unpaired) electrons. The van der Waals surface area contributed by atoms with Crippen molar-refractivity contribution < 1.29 is 9.59 Å². The van der Waals surface area contributed by atoms with Gasteiger partial charge in [-0.25, -0.2) is 0 Å². The van der Waals surface area contributed by atoms with Gasteiger partial charge in [0, 0.05) is 40.8 Å². The van der Waals surface area contributed by atoms with Crippen molar-refractivity contribution in [2.75, 3.05) is 40.8 Å². The summed E-state index contributed by atoms with van der Waals surface area (Å²) in [5.74, 6) is -0.0172. The summed E-state index contributed by atoms with van der Waals surface area (Å²) in [5.41, 5.74) is 0. The lowest BCUT2D eigenvalue weighted by atomic mass is 10.1. The van der Waals surface area contributed by atoms with Gasteiger partial charge in [-0.2, -0.15) is 0 Å². The van der Waals surface area contributed by atoms with E-state index in [1.165, 1.54) is 0 Å². The molecule has 0 spiro atoms. The van der Waals surface area contributed by atoms with E-state index >= 15 is 0 Å². The van der Waals surface area contributed by atoms with E-state index in [0.717, 1.165) is 6.54 Å². The molecule has 1 heterocycles. The highest BCUT2D eigenvalue weighted by atomic mass is 16.2. The fraction of sp³-hybridized carbons (Fsp3) is 0.818. The maximum absolute atomic E-state index is 12.0. The first-order valence-corrected chi connectivity index (χ1v) is 5.88. The largest absolute Gasteiger partial charge is 0.358 e. The minimum Gasteiger partial charge on any atom is -0.358 e. The molecular formula is C11H22N4O2. The van der Waals surface area contributed by atoms with E-state index in [-0.39, 0.29) is 23.9 Å². The number of rotatable bonds is 3. The molecule has 6 heteroatoms. The van der Waals surface area contributed by atoms with Crippen molar-refractivity contribution in [3.8, 4) is 0 Å². The quantitative estimate of drug-likeness (QED) is 0.631. The fourth-order valence-electron chi connectivity index (χ4n) is 2.07. The van der Waals surface area contributed by atoms with E-state index in [1.54, 1.807) is 26.0 Å². The molecule has 0 aromatic carbocycles. The van der Waals surface area contributed by atoms with Gasteiger partial charge in [0.2, 0.25) is 11.8 Å². The summed E-state index contributed by atoms with van der Waals surface area (Å²) in [6.45, 7) is 3.94. The molecule has 0 aliphatic carbocycles. The molecule has 1 saturated heterocycles. The Balaban J connectivity index is 2.79. The molecule has 17 heavy (non-hydrogen) atoms. The lowest BCUT2D eigenvalue weighted by Gasteiger charge is -2.39. The highest BCUT2D eigenvalue weighted by Gasteiger charge is 2.34. The number of nitrogens with one attached hydrogen (secondary N) is 2. The Hall–Kier alpha value is -1.14. The van der Waals surface area contributed by atoms with Crippen molar-refractivity contribution in [2.45, 2.75) is 19.0 Å². The first-order chi connectivity index (χ1) is 7.99. The molecule has 2 amide bonds. The first-order valence-electron chi connectivity index (χ1n) is 5.88. The maximum Gasteiger partial charge on any atom is 0.240 e. The van der Waals surface area contributed by atoms with Gasteiger partial charge >= 0.3 is 0 Å². The van der Waals surface area contributed by atoms with Crippen molar-refractivity contribution in [1.82, 2.24) is 20.4 Å². The van der Waals surface area contributed by atoms with Crippen molar-refractivity contribution in [3.05, 3.63) is 0 Å². The Labute approximate surface area is 102 Å². The molecule has 2 atom stereocenters. The van der Waals surface area contributed by atoms with Crippen LogP contribution < -0.4 is 10.6 Å². The predicted octanol–water partition coefficient (Wildman–Crippen LogP) is -1.52. The smallest absolute Gasteiger partial charge is 0.240 e. The summed E-state index contributed by atoms with van der Waals surface area (Å²) in [6.07, 6.45) is 0. The molecule has 98 valence electrons. The molecule has 1 aliphatic rings. The van der Waals surface area contributed by atoms with Crippen molar-refractivity contribution in [3.63, 3.8) is 0 Å². The summed E-state index contributed by atoms with van der Waals surface area (Å²) in [5, 5.41) is 5.82. The second-order valence-corrected chi connectivity index (χ2v) is 4.48. The third-order valence-electron chi connectivity index (χ3n) is 3.13. The number of nitrogens with zero attached hydrogens (tertiary/aromatic N) is 2. The molecule has 2 N–H and O–H groups in total. The van der Waals surface area contributed by atoms with E-state index in [9.17, 15) is 9.59 Å². The SMILES string of the molecule is CNC(=O)C(C)N1CCNCC1C(=O)N(C)C. The Morgan fingerprint density at radius 3 is 2.65 bits per heavy atom. The lowest BCUT2D eigenvalue weighted by molar-refractivity contribution is -0.138. The van der Waals surface area contributed by atoms with Crippen molar-refractivity contribution in [1.29, 1.82) is 0 Å². The predicted molar refractivity (Wildman–Crippen MR) is 65.6 cm³/mol. The molecule has 0 aromatic heterocycles. The van der Waals surface area contributed by atoms with Crippen LogP contribution >= 0.6 is 0 Å². The molecule has 1 aliphatic heterocycles. The summed E-state index contributed by atoms with van der Waals surface area (Å²) in [6, 6.07) is -0.540. The number of hydrogen-bond acceptors (Lipinski definition) is 4. The van der Waals surface area contributed by atoms with Crippen LogP contribution in [0.5, 0.6) is 0 Å².